The van der Waals surface area contributed by atoms with Gasteiger partial charge in [0.25, 0.3) is 0 Å². The largest absolute Gasteiger partial charge is 0.481 e. The zero-order valence-electron chi connectivity index (χ0n) is 12.8. The molecule has 1 aromatic heterocycles. The van der Waals surface area contributed by atoms with E-state index in [2.05, 4.69) is 9.97 Å². The van der Waals surface area contributed by atoms with Gasteiger partial charge in [0, 0.05) is 17.4 Å². The highest BCUT2D eigenvalue weighted by atomic mass is 35.5. The number of rotatable bonds is 5. The van der Waals surface area contributed by atoms with Crippen LogP contribution in [0, 0.1) is 5.82 Å². The Morgan fingerprint density at radius 1 is 1.24 bits per heavy atom. The van der Waals surface area contributed by atoms with Gasteiger partial charge in [0.1, 0.15) is 11.6 Å². The van der Waals surface area contributed by atoms with Gasteiger partial charge in [-0.1, -0.05) is 29.3 Å². The van der Waals surface area contributed by atoms with Crippen LogP contribution in [-0.2, 0) is 11.2 Å². The molecule has 0 radical (unpaired) electrons. The fourth-order valence-corrected chi connectivity index (χ4v) is 2.94. The van der Waals surface area contributed by atoms with Crippen LogP contribution in [0.4, 0.5) is 4.39 Å². The Bertz CT molecular complexity index is 914. The van der Waals surface area contributed by atoms with Crippen LogP contribution < -0.4 is 0 Å². The molecule has 0 amide bonds. The summed E-state index contributed by atoms with van der Waals surface area (Å²) in [5.74, 6) is -1.34. The van der Waals surface area contributed by atoms with Gasteiger partial charge in [0.2, 0.25) is 0 Å². The van der Waals surface area contributed by atoms with Gasteiger partial charge in [-0.3, -0.25) is 4.79 Å². The molecule has 2 aromatic carbocycles. The molecule has 0 saturated carbocycles. The maximum atomic E-state index is 13.7. The van der Waals surface area contributed by atoms with Crippen molar-refractivity contribution < 1.29 is 14.3 Å². The average molecular weight is 404 g/mol. The first-order valence-corrected chi connectivity index (χ1v) is 7.99. The lowest BCUT2D eigenvalue weighted by Crippen LogP contribution is -2.10. The van der Waals surface area contributed by atoms with Crippen LogP contribution in [0.15, 0.2) is 36.4 Å². The summed E-state index contributed by atoms with van der Waals surface area (Å²) in [5.41, 5.74) is 2.08. The summed E-state index contributed by atoms with van der Waals surface area (Å²) >= 11 is 11.6. The van der Waals surface area contributed by atoms with Crippen molar-refractivity contribution in [2.45, 2.75) is 18.8 Å². The molecule has 4 nitrogen and oxygen atoms in total. The van der Waals surface area contributed by atoms with E-state index in [1.165, 1.54) is 12.1 Å². The molecule has 0 spiro atoms. The van der Waals surface area contributed by atoms with Gasteiger partial charge < -0.3 is 10.1 Å². The summed E-state index contributed by atoms with van der Waals surface area (Å²) in [6.07, 6.45) is 0.193. The monoisotopic (exact) mass is 402 g/mol. The third kappa shape index (κ3) is 4.63. The number of imidazole rings is 1. The van der Waals surface area contributed by atoms with Crippen LogP contribution in [0.3, 0.4) is 0 Å². The Kier molecular flexibility index (Phi) is 6.27. The Morgan fingerprint density at radius 2 is 2.00 bits per heavy atom. The van der Waals surface area contributed by atoms with Crippen molar-refractivity contribution in [3.8, 4) is 0 Å². The summed E-state index contributed by atoms with van der Waals surface area (Å²) in [6, 6.07) is 9.61. The lowest BCUT2D eigenvalue weighted by molar-refractivity contribution is -0.137. The number of fused-ring (bicyclic) bond motifs is 1. The molecule has 0 aliphatic rings. The van der Waals surface area contributed by atoms with Crippen LogP contribution in [0.5, 0.6) is 0 Å². The number of nitrogens with zero attached hydrogens (tertiary/aromatic N) is 1. The number of carboxylic acids is 1. The minimum Gasteiger partial charge on any atom is -0.481 e. The third-order valence-electron chi connectivity index (χ3n) is 3.77. The molecule has 1 unspecified atom stereocenters. The molecule has 8 heteroatoms. The van der Waals surface area contributed by atoms with Crippen molar-refractivity contribution in [2.24, 2.45) is 0 Å². The third-order valence-corrected chi connectivity index (χ3v) is 4.31. The molecule has 0 fully saturated rings. The maximum absolute atomic E-state index is 13.7. The normalized spacial score (nSPS) is 12.0. The van der Waals surface area contributed by atoms with Gasteiger partial charge in [-0.2, -0.15) is 0 Å². The Balaban J connectivity index is 0.00000225. The summed E-state index contributed by atoms with van der Waals surface area (Å²) in [5, 5.41) is 9.74. The first-order valence-electron chi connectivity index (χ1n) is 7.23. The second-order valence-electron chi connectivity index (χ2n) is 5.52. The number of aromatic amines is 1. The van der Waals surface area contributed by atoms with E-state index in [1.807, 2.05) is 0 Å². The molecule has 132 valence electrons. The van der Waals surface area contributed by atoms with E-state index in [1.54, 1.807) is 24.3 Å². The smallest absolute Gasteiger partial charge is 0.303 e. The van der Waals surface area contributed by atoms with Gasteiger partial charge in [-0.15, -0.1) is 12.4 Å². The van der Waals surface area contributed by atoms with Crippen molar-refractivity contribution in [3.05, 3.63) is 63.6 Å². The highest BCUT2D eigenvalue weighted by molar-refractivity contribution is 6.31. The van der Waals surface area contributed by atoms with E-state index in [4.69, 9.17) is 28.3 Å². The standard InChI is InChI=1S/C17H13Cl2FN2O2.ClH/c18-11-2-4-14-15(8-11)22-16(21-14)6-10(7-17(23)24)9-1-3-12(19)13(20)5-9;/h1-5,8,10H,6-7H2,(H,21,22)(H,23,24);1H. The number of aliphatic carboxylic acids is 1. The van der Waals surface area contributed by atoms with Gasteiger partial charge in [-0.25, -0.2) is 9.37 Å². The van der Waals surface area contributed by atoms with Crippen molar-refractivity contribution in [1.29, 1.82) is 0 Å². The van der Waals surface area contributed by atoms with Gasteiger partial charge in [-0.05, 0) is 35.9 Å². The number of hydrogen-bond donors (Lipinski definition) is 2. The molecule has 25 heavy (non-hydrogen) atoms. The van der Waals surface area contributed by atoms with E-state index in [0.717, 1.165) is 11.0 Å². The number of hydrogen-bond acceptors (Lipinski definition) is 2. The van der Waals surface area contributed by atoms with Gasteiger partial charge in [0.15, 0.2) is 0 Å². The predicted octanol–water partition coefficient (Wildman–Crippen LogP) is 5.23. The number of carbonyl (C=O) groups is 1. The zero-order valence-corrected chi connectivity index (χ0v) is 15.1. The summed E-state index contributed by atoms with van der Waals surface area (Å²) in [6.45, 7) is 0. The first-order chi connectivity index (χ1) is 11.4. The highest BCUT2D eigenvalue weighted by Crippen LogP contribution is 2.28. The van der Waals surface area contributed by atoms with Crippen LogP contribution in [0.1, 0.15) is 23.7 Å². The molecule has 0 bridgehead atoms. The molecule has 1 heterocycles. The van der Waals surface area contributed by atoms with Gasteiger partial charge >= 0.3 is 5.97 Å². The molecule has 3 aromatic rings. The van der Waals surface area contributed by atoms with E-state index in [0.29, 0.717) is 22.8 Å². The lowest BCUT2D eigenvalue weighted by atomic mass is 9.92. The quantitative estimate of drug-likeness (QED) is 0.613. The molecular weight excluding hydrogens is 390 g/mol. The molecule has 2 N–H and O–H groups in total. The number of nitrogens with one attached hydrogen (secondary N) is 1. The van der Waals surface area contributed by atoms with E-state index in [-0.39, 0.29) is 23.9 Å². The van der Waals surface area contributed by atoms with E-state index >= 15 is 0 Å². The van der Waals surface area contributed by atoms with E-state index < -0.39 is 17.7 Å². The number of aromatic nitrogens is 2. The number of carboxylic acid groups (broad SMARTS) is 1. The molecule has 0 aliphatic heterocycles. The Labute approximate surface area is 159 Å². The SMILES string of the molecule is Cl.O=C(O)CC(Cc1nc2ccc(Cl)cc2[nH]1)c1ccc(Cl)c(F)c1. The van der Waals surface area contributed by atoms with Crippen LogP contribution in [0.2, 0.25) is 10.0 Å². The first kappa shape index (κ1) is 19.5. The maximum Gasteiger partial charge on any atom is 0.303 e. The minimum atomic E-state index is -0.963. The molecule has 0 saturated heterocycles. The topological polar surface area (TPSA) is 66.0 Å². The summed E-state index contributed by atoms with van der Waals surface area (Å²) in [7, 11) is 0. The molecule has 1 atom stereocenters. The van der Waals surface area contributed by atoms with Crippen molar-refractivity contribution >= 4 is 52.6 Å². The van der Waals surface area contributed by atoms with Crippen molar-refractivity contribution in [3.63, 3.8) is 0 Å². The Hall–Kier alpha value is -1.82. The lowest BCUT2D eigenvalue weighted by Gasteiger charge is -2.14. The van der Waals surface area contributed by atoms with Gasteiger partial charge in [0.05, 0.1) is 22.5 Å². The van der Waals surface area contributed by atoms with Crippen LogP contribution in [-0.4, -0.2) is 21.0 Å². The van der Waals surface area contributed by atoms with E-state index in [9.17, 15) is 9.18 Å². The average Bonchev–Trinajstić information content (AvgIpc) is 2.90. The minimum absolute atomic E-state index is 0. The second-order valence-corrected chi connectivity index (χ2v) is 6.36. The van der Waals surface area contributed by atoms with Crippen molar-refractivity contribution in [2.75, 3.05) is 0 Å². The molecule has 3 rings (SSSR count). The van der Waals surface area contributed by atoms with Crippen LogP contribution in [0.25, 0.3) is 11.0 Å². The summed E-state index contributed by atoms with van der Waals surface area (Å²) in [4.78, 5) is 18.7. The molecule has 0 aliphatic carbocycles. The van der Waals surface area contributed by atoms with Crippen molar-refractivity contribution in [1.82, 2.24) is 9.97 Å². The fourth-order valence-electron chi connectivity index (χ4n) is 2.65. The summed E-state index contributed by atoms with van der Waals surface area (Å²) < 4.78 is 13.7. The number of H-pyrrole nitrogens is 1. The second kappa shape index (κ2) is 8.04. The predicted molar refractivity (Wildman–Crippen MR) is 98.5 cm³/mol. The Morgan fingerprint density at radius 3 is 2.68 bits per heavy atom. The fraction of sp³-hybridized carbons (Fsp3) is 0.176. The van der Waals surface area contributed by atoms with Crippen LogP contribution >= 0.6 is 35.6 Å². The highest BCUT2D eigenvalue weighted by Gasteiger charge is 2.19. The zero-order chi connectivity index (χ0) is 17.3. The number of halogens is 4. The number of benzene rings is 2. The molecular formula is C17H14Cl3FN2O2.